The van der Waals surface area contributed by atoms with Gasteiger partial charge in [-0.1, -0.05) is 42.5 Å². The summed E-state index contributed by atoms with van der Waals surface area (Å²) in [7, 11) is 0. The van der Waals surface area contributed by atoms with Crippen LogP contribution in [0.3, 0.4) is 0 Å². The molecule has 4 rings (SSSR count). The van der Waals surface area contributed by atoms with Crippen LogP contribution in [-0.4, -0.2) is 71.1 Å². The summed E-state index contributed by atoms with van der Waals surface area (Å²) in [6.45, 7) is 0. The van der Waals surface area contributed by atoms with Crippen molar-refractivity contribution < 1.29 is 24.5 Å². The van der Waals surface area contributed by atoms with Crippen LogP contribution in [0.1, 0.15) is 42.9 Å². The largest absolute Gasteiger partial charge is 2.00 e. The number of carboxylic acids is 1. The minimum absolute atomic E-state index is 0. The number of aliphatic hydroxyl groups excluding tert-OH is 2. The molecule has 2 aromatic carbocycles. The van der Waals surface area contributed by atoms with Crippen molar-refractivity contribution in [3.63, 3.8) is 0 Å². The van der Waals surface area contributed by atoms with Crippen molar-refractivity contribution in [1.82, 2.24) is 4.98 Å². The van der Waals surface area contributed by atoms with Gasteiger partial charge in [-0.2, -0.15) is 0 Å². The van der Waals surface area contributed by atoms with E-state index in [1.807, 2.05) is 24.3 Å². The maximum absolute atomic E-state index is 13.6. The summed E-state index contributed by atoms with van der Waals surface area (Å²) < 4.78 is 13.6. The van der Waals surface area contributed by atoms with Crippen molar-refractivity contribution in [2.45, 2.75) is 43.8 Å². The first-order valence-corrected chi connectivity index (χ1v) is 10.3. The fourth-order valence-electron chi connectivity index (χ4n) is 3.85. The molecule has 3 aromatic rings. The van der Waals surface area contributed by atoms with Crippen molar-refractivity contribution in [3.8, 4) is 11.1 Å². The van der Waals surface area contributed by atoms with Crippen LogP contribution < -0.4 is 5.11 Å². The fraction of sp³-hybridized carbons (Fsp3) is 0.280. The Morgan fingerprint density at radius 1 is 1.16 bits per heavy atom. The molecule has 5 nitrogen and oxygen atoms in total. The van der Waals surface area contributed by atoms with Crippen LogP contribution in [0.2, 0.25) is 0 Å². The van der Waals surface area contributed by atoms with Gasteiger partial charge in [0.1, 0.15) is 5.82 Å². The number of carbonyl (C=O) groups is 1. The van der Waals surface area contributed by atoms with Crippen molar-refractivity contribution >= 4 is 60.7 Å². The number of pyridine rings is 1. The third-order valence-electron chi connectivity index (χ3n) is 5.46. The van der Waals surface area contributed by atoms with E-state index in [0.717, 1.165) is 46.1 Å². The van der Waals surface area contributed by atoms with Crippen molar-refractivity contribution in [2.75, 3.05) is 0 Å². The number of rotatable bonds is 8. The quantitative estimate of drug-likeness (QED) is 0.504. The average Bonchev–Trinajstić information content (AvgIpc) is 3.56. The molecule has 32 heavy (non-hydrogen) atoms. The van der Waals surface area contributed by atoms with Gasteiger partial charge in [0.05, 0.1) is 23.4 Å². The Labute approximate surface area is 215 Å². The number of fused-ring (bicyclic) bond motifs is 1. The maximum atomic E-state index is 13.6. The van der Waals surface area contributed by atoms with E-state index in [1.165, 1.54) is 12.1 Å². The first-order valence-electron chi connectivity index (χ1n) is 10.3. The number of aromatic nitrogens is 1. The molecule has 160 valence electrons. The molecule has 1 aromatic heterocycles. The number of benzene rings is 2. The molecule has 0 saturated heterocycles. The van der Waals surface area contributed by atoms with Gasteiger partial charge in [-0.15, -0.1) is 0 Å². The average molecular weight is 461 g/mol. The van der Waals surface area contributed by atoms with Gasteiger partial charge in [-0.05, 0) is 36.6 Å². The zero-order valence-corrected chi connectivity index (χ0v) is 19.8. The minimum atomic E-state index is -1.36. The molecule has 1 heterocycles. The molecule has 0 aliphatic heterocycles. The van der Waals surface area contributed by atoms with Gasteiger partial charge in [0, 0.05) is 41.2 Å². The Morgan fingerprint density at radius 3 is 2.50 bits per heavy atom. The third kappa shape index (κ3) is 5.94. The molecule has 1 aliphatic carbocycles. The molecule has 7 heteroatoms. The number of carboxylic acid groups (broad SMARTS) is 1. The Hall–Kier alpha value is -1.83. The Morgan fingerprint density at radius 2 is 1.84 bits per heavy atom. The first-order chi connectivity index (χ1) is 14.9. The Kier molecular flexibility index (Phi) is 8.42. The molecule has 0 amide bonds. The molecule has 1 aliphatic rings. The van der Waals surface area contributed by atoms with Gasteiger partial charge in [-0.3, -0.25) is 4.98 Å². The van der Waals surface area contributed by atoms with E-state index in [-0.39, 0.29) is 50.0 Å². The van der Waals surface area contributed by atoms with Crippen molar-refractivity contribution in [2.24, 2.45) is 0 Å². The maximum Gasteiger partial charge on any atom is 2.00 e. The number of carbonyl (C=O) groups excluding carboxylic acids is 1. The molecular formula is C25H23CaFNO4+. The molecule has 0 radical (unpaired) electrons. The second-order valence-corrected chi connectivity index (χ2v) is 7.98. The van der Waals surface area contributed by atoms with E-state index in [2.05, 4.69) is 0 Å². The molecule has 0 unspecified atom stereocenters. The molecule has 1 saturated carbocycles. The number of aliphatic hydroxyl groups is 2. The zero-order chi connectivity index (χ0) is 22.0. The zero-order valence-electron chi connectivity index (χ0n) is 17.6. The Bertz CT molecular complexity index is 1130. The third-order valence-corrected chi connectivity index (χ3v) is 5.46. The van der Waals surface area contributed by atoms with Gasteiger partial charge in [-0.25, -0.2) is 4.39 Å². The second kappa shape index (κ2) is 10.9. The summed E-state index contributed by atoms with van der Waals surface area (Å²) in [6.07, 6.45) is 2.51. The summed E-state index contributed by atoms with van der Waals surface area (Å²) in [5.41, 5.74) is 4.38. The van der Waals surface area contributed by atoms with E-state index in [0.29, 0.717) is 5.92 Å². The number of nitrogens with zero attached hydrogens (tertiary/aromatic N) is 1. The number of hydrogen-bond donors (Lipinski definition) is 2. The number of halogens is 1. The molecule has 0 spiro atoms. The van der Waals surface area contributed by atoms with Crippen LogP contribution in [-0.2, 0) is 4.79 Å². The van der Waals surface area contributed by atoms with Crippen LogP contribution >= 0.6 is 0 Å². The number of aliphatic carboxylic acids is 1. The number of para-hydroxylation sites is 1. The van der Waals surface area contributed by atoms with Crippen molar-refractivity contribution in [1.29, 1.82) is 0 Å². The monoisotopic (exact) mass is 460 g/mol. The normalized spacial score (nSPS) is 15.5. The SMILES string of the molecule is O=C([O-])C[C@@H](O)C[C@H](O)/C=C/c1c(C2CC2)nc2ccccc2c1-c1ccc(F)cc1.[Ca+2]. The van der Waals surface area contributed by atoms with Crippen LogP contribution in [0, 0.1) is 5.82 Å². The molecule has 2 N–H and O–H groups in total. The molecule has 0 bridgehead atoms. The second-order valence-electron chi connectivity index (χ2n) is 7.98. The van der Waals surface area contributed by atoms with Crippen LogP contribution in [0.4, 0.5) is 4.39 Å². The van der Waals surface area contributed by atoms with Gasteiger partial charge in [0.2, 0.25) is 0 Å². The topological polar surface area (TPSA) is 93.5 Å². The van der Waals surface area contributed by atoms with Crippen LogP contribution in [0.15, 0.2) is 54.6 Å². The molecule has 2 atom stereocenters. The predicted octanol–water partition coefficient (Wildman–Crippen LogP) is 2.80. The van der Waals surface area contributed by atoms with E-state index in [9.17, 15) is 24.5 Å². The summed E-state index contributed by atoms with van der Waals surface area (Å²) in [5, 5.41) is 31.7. The van der Waals surface area contributed by atoms with Crippen LogP contribution in [0.5, 0.6) is 0 Å². The van der Waals surface area contributed by atoms with E-state index >= 15 is 0 Å². The van der Waals surface area contributed by atoms with Gasteiger partial charge in [0.15, 0.2) is 0 Å². The van der Waals surface area contributed by atoms with Gasteiger partial charge in [0.25, 0.3) is 0 Å². The van der Waals surface area contributed by atoms with E-state index in [4.69, 9.17) is 4.98 Å². The summed E-state index contributed by atoms with van der Waals surface area (Å²) in [5.74, 6) is -1.36. The predicted molar refractivity (Wildman–Crippen MR) is 120 cm³/mol. The summed E-state index contributed by atoms with van der Waals surface area (Å²) >= 11 is 0. The summed E-state index contributed by atoms with van der Waals surface area (Å²) in [4.78, 5) is 15.5. The fourth-order valence-corrected chi connectivity index (χ4v) is 3.85. The smallest absolute Gasteiger partial charge is 0.550 e. The van der Waals surface area contributed by atoms with Gasteiger partial charge < -0.3 is 20.1 Å². The molecular weight excluding hydrogens is 437 g/mol. The number of hydrogen-bond acceptors (Lipinski definition) is 5. The first kappa shape index (κ1) is 24.8. The minimum Gasteiger partial charge on any atom is -0.550 e. The van der Waals surface area contributed by atoms with Crippen molar-refractivity contribution in [3.05, 3.63) is 71.7 Å². The van der Waals surface area contributed by atoms with Crippen LogP contribution in [0.25, 0.3) is 28.1 Å². The Balaban J connectivity index is 0.00000289. The molecule has 1 fully saturated rings. The summed E-state index contributed by atoms with van der Waals surface area (Å²) in [6, 6.07) is 14.1. The van der Waals surface area contributed by atoms with E-state index < -0.39 is 24.6 Å². The van der Waals surface area contributed by atoms with E-state index in [1.54, 1.807) is 24.3 Å². The standard InChI is InChI=1S/C25H24FNO4.Ca/c26-17-9-7-15(8-10-17)24-20-3-1-2-4-22(20)27-25(16-5-6-16)21(24)12-11-18(28)13-19(29)14-23(30)31;/h1-4,7-12,16,18-19,28-29H,5-6,13-14H2,(H,30,31);/q;+2/p-1/b12-11+;/t18-,19+;/m1./s1. The van der Waals surface area contributed by atoms with Gasteiger partial charge >= 0.3 is 37.7 Å².